The summed E-state index contributed by atoms with van der Waals surface area (Å²) in [6.07, 6.45) is -0.0893. The topological polar surface area (TPSA) is 119 Å². The van der Waals surface area contributed by atoms with Gasteiger partial charge in [0.1, 0.15) is 11.3 Å². The van der Waals surface area contributed by atoms with E-state index in [9.17, 15) is 17.2 Å². The Balaban J connectivity index is 1.71. The summed E-state index contributed by atoms with van der Waals surface area (Å²) in [6, 6.07) is 4.98. The molecule has 2 fully saturated rings. The summed E-state index contributed by atoms with van der Waals surface area (Å²) in [7, 11) is -0.548. The van der Waals surface area contributed by atoms with Gasteiger partial charge in [0.05, 0.1) is 38.3 Å². The third-order valence-electron chi connectivity index (χ3n) is 6.85. The molecule has 4 heterocycles. The van der Waals surface area contributed by atoms with Crippen molar-refractivity contribution in [2.24, 2.45) is 0 Å². The quantitative estimate of drug-likeness (QED) is 0.432. The second kappa shape index (κ2) is 10.5. The molecular weight excluding hydrogens is 522 g/mol. The predicted octanol–water partition coefficient (Wildman–Crippen LogP) is 2.20. The number of morpholine rings is 1. The molecule has 2 aliphatic rings. The number of piperidine rings is 1. The number of hydrogen-bond donors (Lipinski definition) is 0. The van der Waals surface area contributed by atoms with Crippen molar-refractivity contribution in [1.29, 1.82) is 0 Å². The van der Waals surface area contributed by atoms with Crippen molar-refractivity contribution < 1.29 is 26.7 Å². The van der Waals surface area contributed by atoms with Crippen LogP contribution in [0.25, 0.3) is 17.0 Å². The zero-order chi connectivity index (χ0) is 27.0. The van der Waals surface area contributed by atoms with Gasteiger partial charge in [0.25, 0.3) is 6.43 Å². The van der Waals surface area contributed by atoms with Gasteiger partial charge in [-0.1, -0.05) is 6.07 Å². The number of imidazole rings is 1. The maximum Gasteiger partial charge on any atom is 0.296 e. The van der Waals surface area contributed by atoms with E-state index in [-0.39, 0.29) is 17.4 Å². The van der Waals surface area contributed by atoms with Gasteiger partial charge in [0.15, 0.2) is 5.82 Å². The molecule has 12 nitrogen and oxygen atoms in total. The first-order valence-corrected chi connectivity index (χ1v) is 14.2. The van der Waals surface area contributed by atoms with Crippen LogP contribution in [0.1, 0.15) is 31.5 Å². The molecule has 0 N–H and O–H groups in total. The fourth-order valence-electron chi connectivity index (χ4n) is 4.84. The zero-order valence-electron chi connectivity index (χ0n) is 21.4. The third-order valence-corrected chi connectivity index (χ3v) is 8.14. The first-order chi connectivity index (χ1) is 18.2. The largest absolute Gasteiger partial charge is 0.494 e. The maximum atomic E-state index is 14.3. The van der Waals surface area contributed by atoms with Crippen molar-refractivity contribution in [2.75, 3.05) is 63.1 Å². The molecule has 1 aromatic carbocycles. The molecule has 2 aliphatic heterocycles. The number of alkyl halides is 2. The van der Waals surface area contributed by atoms with Gasteiger partial charge in [-0.05, 0) is 31.4 Å². The number of hydrogen-bond acceptors (Lipinski definition) is 10. The molecule has 3 aromatic rings. The predicted molar refractivity (Wildman–Crippen MR) is 137 cm³/mol. The molecule has 15 heteroatoms. The van der Waals surface area contributed by atoms with Gasteiger partial charge in [-0.3, -0.25) is 4.57 Å². The molecule has 2 saturated heterocycles. The van der Waals surface area contributed by atoms with E-state index >= 15 is 0 Å². The van der Waals surface area contributed by atoms with Gasteiger partial charge in [-0.2, -0.15) is 19.3 Å². The van der Waals surface area contributed by atoms with Crippen LogP contribution >= 0.6 is 0 Å². The van der Waals surface area contributed by atoms with Crippen LogP contribution in [-0.4, -0.2) is 96.7 Å². The van der Waals surface area contributed by atoms with E-state index in [1.54, 1.807) is 23.1 Å². The summed E-state index contributed by atoms with van der Waals surface area (Å²) >= 11 is 0. The number of aromatic nitrogens is 5. The summed E-state index contributed by atoms with van der Waals surface area (Å²) in [5.41, 5.74) is 0.612. The number of anilines is 2. The molecule has 1 unspecified atom stereocenters. The number of halogens is 2. The number of methoxy groups -OCH3 is 1. The van der Waals surface area contributed by atoms with Crippen molar-refractivity contribution >= 4 is 33.0 Å². The Morgan fingerprint density at radius 3 is 2.45 bits per heavy atom. The molecule has 0 bridgehead atoms. The first kappa shape index (κ1) is 26.4. The van der Waals surface area contributed by atoms with Crippen LogP contribution in [-0.2, 0) is 14.8 Å². The standard InChI is InChI=1S/C23H30F2N8O4S/c1-30(38(3,34)35)17-9-4-5-10-32(17)22-27-21(31-11-13-37-14-12-31)28-23(29-22)33-15-7-6-8-16(36-2)18(15)26-20(33)19(24)25/h6-8,17,19H,4-5,9-14H2,1-3H3. The Morgan fingerprint density at radius 2 is 1.76 bits per heavy atom. The molecule has 0 spiro atoms. The van der Waals surface area contributed by atoms with Gasteiger partial charge in [0.2, 0.25) is 27.9 Å². The SMILES string of the molecule is COc1cccc2c1nc(C(F)F)n2-c1nc(N2CCOCC2)nc(N2CCCCC2N(C)S(C)(=O)=O)n1. The molecular formula is C23H30F2N8O4S. The Kier molecular flexibility index (Phi) is 7.33. The van der Waals surface area contributed by atoms with Crippen LogP contribution < -0.4 is 14.5 Å². The third kappa shape index (κ3) is 4.97. The molecule has 2 aromatic heterocycles. The highest BCUT2D eigenvalue weighted by Crippen LogP contribution is 2.33. The van der Waals surface area contributed by atoms with Crippen LogP contribution in [0.5, 0.6) is 5.75 Å². The second-order valence-electron chi connectivity index (χ2n) is 9.22. The number of fused-ring (bicyclic) bond motifs is 1. The molecule has 206 valence electrons. The molecule has 0 amide bonds. The fraction of sp³-hybridized carbons (Fsp3) is 0.565. The Morgan fingerprint density at radius 1 is 1.05 bits per heavy atom. The Hall–Kier alpha value is -3.17. The number of nitrogens with zero attached hydrogens (tertiary/aromatic N) is 8. The lowest BCUT2D eigenvalue weighted by Gasteiger charge is -2.40. The highest BCUT2D eigenvalue weighted by atomic mass is 32.2. The summed E-state index contributed by atoms with van der Waals surface area (Å²) in [4.78, 5) is 21.8. The van der Waals surface area contributed by atoms with Crippen LogP contribution in [0.15, 0.2) is 18.2 Å². The number of rotatable bonds is 7. The molecule has 38 heavy (non-hydrogen) atoms. The van der Waals surface area contributed by atoms with E-state index in [2.05, 4.69) is 15.0 Å². The minimum Gasteiger partial charge on any atom is -0.494 e. The van der Waals surface area contributed by atoms with Crippen LogP contribution in [0, 0.1) is 0 Å². The van der Waals surface area contributed by atoms with Gasteiger partial charge < -0.3 is 19.3 Å². The summed E-state index contributed by atoms with van der Waals surface area (Å²) in [5.74, 6) is 0.287. The Bertz CT molecular complexity index is 1410. The maximum absolute atomic E-state index is 14.3. The van der Waals surface area contributed by atoms with E-state index in [1.807, 2.05) is 4.90 Å². The second-order valence-corrected chi connectivity index (χ2v) is 11.3. The lowest BCUT2D eigenvalue weighted by atomic mass is 10.1. The first-order valence-electron chi connectivity index (χ1n) is 12.3. The lowest BCUT2D eigenvalue weighted by Crippen LogP contribution is -2.52. The van der Waals surface area contributed by atoms with E-state index in [0.717, 1.165) is 19.1 Å². The summed E-state index contributed by atoms with van der Waals surface area (Å²) < 4.78 is 66.8. The van der Waals surface area contributed by atoms with Crippen LogP contribution in [0.3, 0.4) is 0 Å². The van der Waals surface area contributed by atoms with E-state index < -0.39 is 28.4 Å². The van der Waals surface area contributed by atoms with Gasteiger partial charge in [0, 0.05) is 26.7 Å². The molecule has 0 aliphatic carbocycles. The number of ether oxygens (including phenoxy) is 2. The normalized spacial score (nSPS) is 19.1. The summed E-state index contributed by atoms with van der Waals surface area (Å²) in [5, 5.41) is 0. The monoisotopic (exact) mass is 552 g/mol. The molecule has 0 radical (unpaired) electrons. The van der Waals surface area contributed by atoms with Crippen molar-refractivity contribution in [3.63, 3.8) is 0 Å². The van der Waals surface area contributed by atoms with Gasteiger partial charge in [-0.15, -0.1) is 0 Å². The summed E-state index contributed by atoms with van der Waals surface area (Å²) in [6.45, 7) is 2.45. The van der Waals surface area contributed by atoms with Crippen molar-refractivity contribution in [3.05, 3.63) is 24.0 Å². The fourth-order valence-corrected chi connectivity index (χ4v) is 5.50. The van der Waals surface area contributed by atoms with Crippen molar-refractivity contribution in [3.8, 4) is 11.7 Å². The Labute approximate surface area is 219 Å². The number of benzene rings is 1. The van der Waals surface area contributed by atoms with Crippen molar-refractivity contribution in [1.82, 2.24) is 28.8 Å². The van der Waals surface area contributed by atoms with Crippen LogP contribution in [0.4, 0.5) is 20.7 Å². The van der Waals surface area contributed by atoms with Gasteiger partial charge in [-0.25, -0.2) is 22.2 Å². The van der Waals surface area contributed by atoms with E-state index in [0.29, 0.717) is 56.5 Å². The average Bonchev–Trinajstić information content (AvgIpc) is 3.33. The van der Waals surface area contributed by atoms with Gasteiger partial charge >= 0.3 is 0 Å². The number of sulfonamides is 1. The molecule has 1 atom stereocenters. The highest BCUT2D eigenvalue weighted by Gasteiger charge is 2.34. The lowest BCUT2D eigenvalue weighted by molar-refractivity contribution is 0.122. The molecule has 0 saturated carbocycles. The van der Waals surface area contributed by atoms with Crippen LogP contribution in [0.2, 0.25) is 0 Å². The number of para-hydroxylation sites is 1. The average molecular weight is 553 g/mol. The molecule has 5 rings (SSSR count). The highest BCUT2D eigenvalue weighted by molar-refractivity contribution is 7.88. The minimum absolute atomic E-state index is 0.0334. The van der Waals surface area contributed by atoms with E-state index in [4.69, 9.17) is 14.5 Å². The zero-order valence-corrected chi connectivity index (χ0v) is 22.2. The minimum atomic E-state index is -3.52. The smallest absolute Gasteiger partial charge is 0.296 e. The van der Waals surface area contributed by atoms with E-state index in [1.165, 1.54) is 23.0 Å². The van der Waals surface area contributed by atoms with Crippen molar-refractivity contribution in [2.45, 2.75) is 31.9 Å².